The average Bonchev–Trinajstić information content (AvgIpc) is 2.43. The zero-order valence-corrected chi connectivity index (χ0v) is 11.7. The first-order chi connectivity index (χ1) is 8.86. The van der Waals surface area contributed by atoms with Gasteiger partial charge in [0.15, 0.2) is 0 Å². The van der Waals surface area contributed by atoms with Crippen LogP contribution in [0.25, 0.3) is 0 Å². The van der Waals surface area contributed by atoms with Gasteiger partial charge in [-0.3, -0.25) is 0 Å². The van der Waals surface area contributed by atoms with Crippen molar-refractivity contribution < 1.29 is 4.74 Å². The van der Waals surface area contributed by atoms with Crippen LogP contribution >= 0.6 is 0 Å². The molecule has 0 bridgehead atoms. The van der Waals surface area contributed by atoms with Gasteiger partial charge in [0.05, 0.1) is 0 Å². The molecule has 1 aromatic carbocycles. The summed E-state index contributed by atoms with van der Waals surface area (Å²) in [4.78, 5) is 2.45. The summed E-state index contributed by atoms with van der Waals surface area (Å²) < 4.78 is 5.60. The Balaban J connectivity index is 1.93. The Bertz CT molecular complexity index is 286. The first kappa shape index (κ1) is 15.0. The molecule has 3 heteroatoms. The van der Waals surface area contributed by atoms with Gasteiger partial charge in [-0.2, -0.15) is 0 Å². The van der Waals surface area contributed by atoms with Gasteiger partial charge in [0.2, 0.25) is 0 Å². The van der Waals surface area contributed by atoms with Gasteiger partial charge in [-0.1, -0.05) is 32.0 Å². The quantitative estimate of drug-likeness (QED) is 0.645. The summed E-state index contributed by atoms with van der Waals surface area (Å²) in [5.41, 5.74) is 0. The average molecular weight is 250 g/mol. The van der Waals surface area contributed by atoms with Crippen LogP contribution in [-0.2, 0) is 0 Å². The lowest BCUT2D eigenvalue weighted by Gasteiger charge is -2.17. The summed E-state index contributed by atoms with van der Waals surface area (Å²) in [6.45, 7) is 10.6. The van der Waals surface area contributed by atoms with Crippen LogP contribution in [0.1, 0.15) is 20.3 Å². The smallest absolute Gasteiger partial charge is 0.119 e. The third-order valence-electron chi connectivity index (χ3n) is 3.01. The van der Waals surface area contributed by atoms with Crippen molar-refractivity contribution >= 4 is 0 Å². The van der Waals surface area contributed by atoms with E-state index < -0.39 is 0 Å². The molecule has 0 aliphatic heterocycles. The van der Waals surface area contributed by atoms with Crippen molar-refractivity contribution in [1.82, 2.24) is 10.2 Å². The maximum absolute atomic E-state index is 5.60. The lowest BCUT2D eigenvalue weighted by molar-refractivity contribution is 0.290. The first-order valence-electron chi connectivity index (χ1n) is 6.97. The maximum Gasteiger partial charge on any atom is 0.119 e. The van der Waals surface area contributed by atoms with E-state index in [1.54, 1.807) is 0 Å². The molecule has 0 atom stereocenters. The molecule has 18 heavy (non-hydrogen) atoms. The van der Waals surface area contributed by atoms with Gasteiger partial charge < -0.3 is 15.0 Å². The molecule has 0 saturated carbocycles. The van der Waals surface area contributed by atoms with E-state index in [4.69, 9.17) is 4.74 Å². The lowest BCUT2D eigenvalue weighted by Crippen LogP contribution is -2.28. The van der Waals surface area contributed by atoms with Gasteiger partial charge in [0.1, 0.15) is 12.4 Å². The van der Waals surface area contributed by atoms with E-state index in [-0.39, 0.29) is 0 Å². The van der Waals surface area contributed by atoms with Gasteiger partial charge >= 0.3 is 0 Å². The van der Waals surface area contributed by atoms with E-state index in [2.05, 4.69) is 24.1 Å². The molecule has 102 valence electrons. The molecule has 0 heterocycles. The molecule has 0 aliphatic rings. The largest absolute Gasteiger partial charge is 0.492 e. The van der Waals surface area contributed by atoms with Gasteiger partial charge in [0, 0.05) is 6.54 Å². The van der Waals surface area contributed by atoms with Crippen molar-refractivity contribution in [1.29, 1.82) is 0 Å². The Morgan fingerprint density at radius 1 is 1.06 bits per heavy atom. The fourth-order valence-corrected chi connectivity index (χ4v) is 1.85. The topological polar surface area (TPSA) is 24.5 Å². The minimum absolute atomic E-state index is 0.731. The Hall–Kier alpha value is -1.06. The summed E-state index contributed by atoms with van der Waals surface area (Å²) in [5, 5.41) is 3.41. The molecule has 1 N–H and O–H groups in total. The van der Waals surface area contributed by atoms with Gasteiger partial charge in [0.25, 0.3) is 0 Å². The second kappa shape index (κ2) is 9.92. The van der Waals surface area contributed by atoms with Crippen LogP contribution in [0, 0.1) is 0 Å². The molecule has 0 fully saturated rings. The van der Waals surface area contributed by atoms with Crippen molar-refractivity contribution in [2.45, 2.75) is 20.3 Å². The van der Waals surface area contributed by atoms with Crippen LogP contribution in [0.5, 0.6) is 5.75 Å². The molecular weight excluding hydrogens is 224 g/mol. The molecular formula is C15H26N2O. The van der Waals surface area contributed by atoms with E-state index in [1.165, 1.54) is 13.0 Å². The van der Waals surface area contributed by atoms with Crippen molar-refractivity contribution in [2.24, 2.45) is 0 Å². The van der Waals surface area contributed by atoms with Gasteiger partial charge in [-0.25, -0.2) is 0 Å². The number of rotatable bonds is 10. The fourth-order valence-electron chi connectivity index (χ4n) is 1.85. The number of nitrogens with one attached hydrogen (secondary N) is 1. The van der Waals surface area contributed by atoms with Crippen LogP contribution in [0.2, 0.25) is 0 Å². The third kappa shape index (κ3) is 6.62. The van der Waals surface area contributed by atoms with Crippen molar-refractivity contribution in [3.63, 3.8) is 0 Å². The number of ether oxygens (including phenoxy) is 1. The zero-order valence-electron chi connectivity index (χ0n) is 11.7. The predicted octanol–water partition coefficient (Wildman–Crippen LogP) is 2.39. The van der Waals surface area contributed by atoms with Crippen molar-refractivity contribution in [3.05, 3.63) is 30.3 Å². The first-order valence-corrected chi connectivity index (χ1v) is 6.97. The molecule has 1 aromatic rings. The summed E-state index contributed by atoms with van der Waals surface area (Å²) >= 11 is 0. The SMILES string of the molecule is CCN(CC)CCCNCCOc1ccccc1. The number of benzene rings is 1. The Kier molecular flexibility index (Phi) is 8.26. The highest BCUT2D eigenvalue weighted by molar-refractivity contribution is 5.20. The van der Waals surface area contributed by atoms with E-state index in [0.717, 1.165) is 38.5 Å². The minimum Gasteiger partial charge on any atom is -0.492 e. The molecule has 0 saturated heterocycles. The molecule has 0 radical (unpaired) electrons. The summed E-state index contributed by atoms with van der Waals surface area (Å²) in [5.74, 6) is 0.947. The molecule has 1 rings (SSSR count). The Morgan fingerprint density at radius 3 is 2.44 bits per heavy atom. The molecule has 0 aliphatic carbocycles. The zero-order chi connectivity index (χ0) is 13.1. The minimum atomic E-state index is 0.731. The third-order valence-corrected chi connectivity index (χ3v) is 3.01. The molecule has 0 amide bonds. The monoisotopic (exact) mass is 250 g/mol. The van der Waals surface area contributed by atoms with Crippen LogP contribution in [0.4, 0.5) is 0 Å². The fraction of sp³-hybridized carbons (Fsp3) is 0.600. The van der Waals surface area contributed by atoms with Crippen molar-refractivity contribution in [3.8, 4) is 5.75 Å². The standard InChI is InChI=1S/C15H26N2O/c1-3-17(4-2)13-8-11-16-12-14-18-15-9-6-5-7-10-15/h5-7,9-10,16H,3-4,8,11-14H2,1-2H3. The second-order valence-electron chi connectivity index (χ2n) is 4.29. The number of para-hydroxylation sites is 1. The van der Waals surface area contributed by atoms with E-state index in [0.29, 0.717) is 0 Å². The Morgan fingerprint density at radius 2 is 1.78 bits per heavy atom. The van der Waals surface area contributed by atoms with Crippen molar-refractivity contribution in [2.75, 3.05) is 39.3 Å². The van der Waals surface area contributed by atoms with Crippen LogP contribution in [0.15, 0.2) is 30.3 Å². The summed E-state index contributed by atoms with van der Waals surface area (Å²) in [6, 6.07) is 9.96. The predicted molar refractivity (Wildman–Crippen MR) is 77.2 cm³/mol. The van der Waals surface area contributed by atoms with E-state index in [9.17, 15) is 0 Å². The second-order valence-corrected chi connectivity index (χ2v) is 4.29. The molecule has 0 spiro atoms. The van der Waals surface area contributed by atoms with E-state index >= 15 is 0 Å². The normalized spacial score (nSPS) is 10.8. The maximum atomic E-state index is 5.60. The van der Waals surface area contributed by atoms with Crippen LogP contribution in [-0.4, -0.2) is 44.2 Å². The number of hydrogen-bond acceptors (Lipinski definition) is 3. The molecule has 0 aromatic heterocycles. The Labute approximate surface area is 111 Å². The number of hydrogen-bond donors (Lipinski definition) is 1. The lowest BCUT2D eigenvalue weighted by atomic mass is 10.3. The summed E-state index contributed by atoms with van der Waals surface area (Å²) in [7, 11) is 0. The van der Waals surface area contributed by atoms with Gasteiger partial charge in [-0.05, 0) is 44.7 Å². The van der Waals surface area contributed by atoms with Gasteiger partial charge in [-0.15, -0.1) is 0 Å². The van der Waals surface area contributed by atoms with Crippen LogP contribution in [0.3, 0.4) is 0 Å². The highest BCUT2D eigenvalue weighted by Crippen LogP contribution is 2.07. The molecule has 0 unspecified atom stereocenters. The molecule has 3 nitrogen and oxygen atoms in total. The summed E-state index contributed by atoms with van der Waals surface area (Å²) in [6.07, 6.45) is 1.20. The van der Waals surface area contributed by atoms with E-state index in [1.807, 2.05) is 30.3 Å². The highest BCUT2D eigenvalue weighted by Gasteiger charge is 1.97. The number of nitrogens with zero attached hydrogens (tertiary/aromatic N) is 1. The van der Waals surface area contributed by atoms with Crippen LogP contribution < -0.4 is 10.1 Å². The highest BCUT2D eigenvalue weighted by atomic mass is 16.5.